The van der Waals surface area contributed by atoms with E-state index in [4.69, 9.17) is 10.2 Å². The van der Waals surface area contributed by atoms with Crippen molar-refractivity contribution >= 4 is 40.9 Å². The maximum absolute atomic E-state index is 13.5. The van der Waals surface area contributed by atoms with Crippen LogP contribution in [-0.4, -0.2) is 34.2 Å². The van der Waals surface area contributed by atoms with Gasteiger partial charge in [0.05, 0.1) is 11.1 Å². The molecular formula is C28H28N2O5S. The Morgan fingerprint density at radius 1 is 0.694 bits per heavy atom. The van der Waals surface area contributed by atoms with Gasteiger partial charge in [0.15, 0.2) is 5.78 Å². The molecular weight excluding hydrogens is 476 g/mol. The van der Waals surface area contributed by atoms with Crippen LogP contribution in [0.1, 0.15) is 53.3 Å². The summed E-state index contributed by atoms with van der Waals surface area (Å²) < 4.78 is 0. The summed E-state index contributed by atoms with van der Waals surface area (Å²) in [5.41, 5.74) is 6.04. The molecule has 8 heteroatoms. The Morgan fingerprint density at radius 2 is 1.08 bits per heavy atom. The molecule has 0 radical (unpaired) electrons. The molecule has 0 amide bonds. The molecule has 3 aromatic carbocycles. The summed E-state index contributed by atoms with van der Waals surface area (Å²) in [7, 11) is 0. The van der Waals surface area contributed by atoms with Crippen LogP contribution in [0, 0.1) is 27.7 Å². The van der Waals surface area contributed by atoms with Crippen LogP contribution in [0.5, 0.6) is 0 Å². The smallest absolute Gasteiger partial charge is 0.335 e. The predicted molar refractivity (Wildman–Crippen MR) is 144 cm³/mol. The molecule has 0 saturated carbocycles. The highest BCUT2D eigenvalue weighted by atomic mass is 32.2. The third kappa shape index (κ3) is 5.78. The molecule has 0 heterocycles. The van der Waals surface area contributed by atoms with E-state index in [2.05, 4.69) is 10.6 Å². The summed E-state index contributed by atoms with van der Waals surface area (Å²) in [4.78, 5) is 37.1. The first-order valence-corrected chi connectivity index (χ1v) is 12.4. The Morgan fingerprint density at radius 3 is 1.42 bits per heavy atom. The molecule has 0 aliphatic carbocycles. The summed E-state index contributed by atoms with van der Waals surface area (Å²) in [5.74, 6) is -1.90. The minimum atomic E-state index is -1.03. The predicted octanol–water partition coefficient (Wildman–Crippen LogP) is 6.29. The van der Waals surface area contributed by atoms with E-state index in [-0.39, 0.29) is 16.9 Å². The molecule has 0 aliphatic heterocycles. The zero-order chi connectivity index (χ0) is 26.6. The Balaban J connectivity index is 2.03. The van der Waals surface area contributed by atoms with E-state index in [1.54, 1.807) is 36.0 Å². The van der Waals surface area contributed by atoms with Gasteiger partial charge in [0.2, 0.25) is 0 Å². The quantitative estimate of drug-likeness (QED) is 0.153. The standard InChI is InChI=1S/C28H28N2O5S/c1-15-17(3)26(36-5)18(4)16(2)25(15)23(31)14-24(29-21-10-6-19(7-11-21)27(32)33)30-22-12-8-20(9-13-22)28(34)35/h6-14,29-30H,1-5H3,(H,32,33)(H,34,35). The average molecular weight is 505 g/mol. The lowest BCUT2D eigenvalue weighted by molar-refractivity contribution is 0.0686. The number of carbonyl (C=O) groups excluding carboxylic acids is 1. The van der Waals surface area contributed by atoms with Crippen LogP contribution in [-0.2, 0) is 0 Å². The maximum atomic E-state index is 13.5. The van der Waals surface area contributed by atoms with Crippen molar-refractivity contribution in [2.45, 2.75) is 32.6 Å². The van der Waals surface area contributed by atoms with Crippen molar-refractivity contribution in [1.29, 1.82) is 0 Å². The summed E-state index contributed by atoms with van der Waals surface area (Å²) in [6, 6.07) is 12.3. The molecule has 0 bridgehead atoms. The van der Waals surface area contributed by atoms with Gasteiger partial charge in [-0.3, -0.25) is 4.79 Å². The van der Waals surface area contributed by atoms with E-state index in [0.29, 0.717) is 22.8 Å². The van der Waals surface area contributed by atoms with Gasteiger partial charge in [-0.2, -0.15) is 0 Å². The summed E-state index contributed by atoms with van der Waals surface area (Å²) in [5, 5.41) is 24.6. The number of ketones is 1. The number of nitrogens with one attached hydrogen (secondary N) is 2. The second-order valence-corrected chi connectivity index (χ2v) is 9.16. The molecule has 0 fully saturated rings. The summed E-state index contributed by atoms with van der Waals surface area (Å²) >= 11 is 1.66. The van der Waals surface area contributed by atoms with Gasteiger partial charge in [-0.15, -0.1) is 11.8 Å². The number of aromatic carboxylic acids is 2. The number of rotatable bonds is 9. The number of allylic oxidation sites excluding steroid dienone is 1. The first-order chi connectivity index (χ1) is 17.0. The lowest BCUT2D eigenvalue weighted by Gasteiger charge is -2.19. The SMILES string of the molecule is CSc1c(C)c(C)c(C(=O)C=C(Nc2ccc(C(=O)O)cc2)Nc2ccc(C(=O)O)cc2)c(C)c1C. The van der Waals surface area contributed by atoms with Crippen LogP contribution in [0.4, 0.5) is 11.4 Å². The minimum absolute atomic E-state index is 0.144. The summed E-state index contributed by atoms with van der Waals surface area (Å²) in [6.45, 7) is 7.91. The second-order valence-electron chi connectivity index (χ2n) is 8.35. The molecule has 3 rings (SSSR count). The second kappa shape index (κ2) is 11.1. The van der Waals surface area contributed by atoms with Crippen molar-refractivity contribution in [2.75, 3.05) is 16.9 Å². The van der Waals surface area contributed by atoms with Gasteiger partial charge in [-0.05, 0) is 105 Å². The molecule has 0 atom stereocenters. The number of carboxylic acid groups (broad SMARTS) is 2. The number of hydrogen-bond acceptors (Lipinski definition) is 6. The van der Waals surface area contributed by atoms with Crippen molar-refractivity contribution in [3.05, 3.63) is 99.4 Å². The Bertz CT molecular complexity index is 1270. The average Bonchev–Trinajstić information content (AvgIpc) is 2.84. The molecule has 0 aliphatic rings. The molecule has 0 spiro atoms. The third-order valence-electron chi connectivity index (χ3n) is 6.10. The van der Waals surface area contributed by atoms with Gasteiger partial charge in [-0.1, -0.05) is 0 Å². The number of anilines is 2. The monoisotopic (exact) mass is 504 g/mol. The summed E-state index contributed by atoms with van der Waals surface area (Å²) in [6.07, 6.45) is 3.48. The Labute approximate surface area is 214 Å². The molecule has 186 valence electrons. The zero-order valence-corrected chi connectivity index (χ0v) is 21.5. The number of hydrogen-bond donors (Lipinski definition) is 4. The fourth-order valence-corrected chi connectivity index (χ4v) is 4.88. The molecule has 0 aromatic heterocycles. The number of thioether (sulfide) groups is 1. The van der Waals surface area contributed by atoms with Crippen LogP contribution >= 0.6 is 11.8 Å². The van der Waals surface area contributed by atoms with Crippen LogP contribution in [0.2, 0.25) is 0 Å². The largest absolute Gasteiger partial charge is 0.478 e. The van der Waals surface area contributed by atoms with E-state index >= 15 is 0 Å². The van der Waals surface area contributed by atoms with E-state index in [9.17, 15) is 14.4 Å². The lowest BCUT2D eigenvalue weighted by atomic mass is 9.91. The van der Waals surface area contributed by atoms with Gasteiger partial charge in [-0.25, -0.2) is 9.59 Å². The van der Waals surface area contributed by atoms with E-state index in [1.165, 1.54) is 35.2 Å². The van der Waals surface area contributed by atoms with E-state index in [1.807, 2.05) is 34.0 Å². The fourth-order valence-electron chi connectivity index (χ4n) is 3.96. The van der Waals surface area contributed by atoms with Crippen molar-refractivity contribution in [3.63, 3.8) is 0 Å². The zero-order valence-electron chi connectivity index (χ0n) is 20.7. The molecule has 0 saturated heterocycles. The Hall–Kier alpha value is -4.04. The normalized spacial score (nSPS) is 10.5. The van der Waals surface area contributed by atoms with Crippen LogP contribution in [0.15, 0.2) is 65.3 Å². The highest BCUT2D eigenvalue weighted by Crippen LogP contribution is 2.33. The maximum Gasteiger partial charge on any atom is 0.335 e. The molecule has 4 N–H and O–H groups in total. The Kier molecular flexibility index (Phi) is 8.22. The number of benzene rings is 3. The number of carbonyl (C=O) groups is 3. The topological polar surface area (TPSA) is 116 Å². The lowest BCUT2D eigenvalue weighted by Crippen LogP contribution is -2.14. The van der Waals surface area contributed by atoms with E-state index in [0.717, 1.165) is 22.3 Å². The number of carboxylic acids is 2. The van der Waals surface area contributed by atoms with Gasteiger partial charge >= 0.3 is 11.9 Å². The van der Waals surface area contributed by atoms with E-state index < -0.39 is 11.9 Å². The van der Waals surface area contributed by atoms with Crippen LogP contribution in [0.3, 0.4) is 0 Å². The first kappa shape index (κ1) is 26.6. The molecule has 0 unspecified atom stereocenters. The van der Waals surface area contributed by atoms with Gasteiger partial charge in [0.1, 0.15) is 5.82 Å². The molecule has 7 nitrogen and oxygen atoms in total. The van der Waals surface area contributed by atoms with Crippen molar-refractivity contribution < 1.29 is 24.6 Å². The van der Waals surface area contributed by atoms with Gasteiger partial charge < -0.3 is 20.8 Å². The van der Waals surface area contributed by atoms with Crippen molar-refractivity contribution in [3.8, 4) is 0 Å². The van der Waals surface area contributed by atoms with Crippen molar-refractivity contribution in [1.82, 2.24) is 0 Å². The van der Waals surface area contributed by atoms with Gasteiger partial charge in [0.25, 0.3) is 0 Å². The minimum Gasteiger partial charge on any atom is -0.478 e. The van der Waals surface area contributed by atoms with Crippen LogP contribution in [0.25, 0.3) is 0 Å². The van der Waals surface area contributed by atoms with Crippen LogP contribution < -0.4 is 10.6 Å². The molecule has 3 aromatic rings. The first-order valence-electron chi connectivity index (χ1n) is 11.1. The van der Waals surface area contributed by atoms with Gasteiger partial charge in [0, 0.05) is 27.9 Å². The highest BCUT2D eigenvalue weighted by molar-refractivity contribution is 7.98. The fraction of sp³-hybridized carbons (Fsp3) is 0.179. The van der Waals surface area contributed by atoms with Crippen molar-refractivity contribution in [2.24, 2.45) is 0 Å². The molecule has 36 heavy (non-hydrogen) atoms. The third-order valence-corrected chi connectivity index (χ3v) is 7.12. The highest BCUT2D eigenvalue weighted by Gasteiger charge is 2.19.